The molecule has 0 saturated carbocycles. The zero-order valence-electron chi connectivity index (χ0n) is 14.0. The molecule has 0 spiro atoms. The van der Waals surface area contributed by atoms with E-state index in [0.717, 1.165) is 0 Å². The number of carbonyl (C=O) groups excluding carboxylic acids is 2. The molecule has 0 aliphatic carbocycles. The molecule has 0 heterocycles. The molecule has 0 aromatic carbocycles. The molecular weight excluding hydrogens is 274 g/mol. The van der Waals surface area contributed by atoms with Crippen LogP contribution in [0.25, 0.3) is 0 Å². The fourth-order valence-corrected chi connectivity index (χ4v) is 2.01. The minimum atomic E-state index is -0.595. The Morgan fingerprint density at radius 1 is 1.10 bits per heavy atom. The van der Waals surface area contributed by atoms with Crippen LogP contribution < -0.4 is 5.32 Å². The predicted molar refractivity (Wildman–Crippen MR) is 84.8 cm³/mol. The molecule has 0 fully saturated rings. The molecule has 0 aromatic rings. The standard InChI is InChI=1S/C15H29NO3S/c1-10(2)12(13(18)19-14(3,4)5)16-11(17)9-20-15(6,7)8/h10,12H,9H2,1-8H3,(H,16,17)/t12-/m1/s1. The van der Waals surface area contributed by atoms with E-state index in [-0.39, 0.29) is 22.5 Å². The van der Waals surface area contributed by atoms with Gasteiger partial charge in [-0.1, -0.05) is 34.6 Å². The monoisotopic (exact) mass is 303 g/mol. The van der Waals surface area contributed by atoms with Crippen LogP contribution in [-0.2, 0) is 14.3 Å². The lowest BCUT2D eigenvalue weighted by atomic mass is 10.0. The second-order valence-electron chi connectivity index (χ2n) is 7.22. The molecule has 0 unspecified atom stereocenters. The van der Waals surface area contributed by atoms with Crippen molar-refractivity contribution in [1.82, 2.24) is 5.32 Å². The van der Waals surface area contributed by atoms with Crippen molar-refractivity contribution in [1.29, 1.82) is 0 Å². The predicted octanol–water partition coefficient (Wildman–Crippen LogP) is 3.00. The summed E-state index contributed by atoms with van der Waals surface area (Å²) in [5.41, 5.74) is -0.547. The van der Waals surface area contributed by atoms with Gasteiger partial charge in [-0.05, 0) is 26.7 Å². The Kier molecular flexibility index (Phi) is 7.08. The summed E-state index contributed by atoms with van der Waals surface area (Å²) in [7, 11) is 0. The Labute approximate surface area is 127 Å². The van der Waals surface area contributed by atoms with Gasteiger partial charge in [-0.15, -0.1) is 11.8 Å². The van der Waals surface area contributed by atoms with Crippen molar-refractivity contribution in [3.63, 3.8) is 0 Å². The number of esters is 1. The number of hydrogen-bond acceptors (Lipinski definition) is 4. The van der Waals surface area contributed by atoms with Crippen LogP contribution in [0.2, 0.25) is 0 Å². The molecule has 5 heteroatoms. The van der Waals surface area contributed by atoms with Gasteiger partial charge in [0.2, 0.25) is 5.91 Å². The summed E-state index contributed by atoms with van der Waals surface area (Å²) in [5, 5.41) is 2.78. The molecule has 20 heavy (non-hydrogen) atoms. The first-order chi connectivity index (χ1) is 8.82. The number of nitrogens with one attached hydrogen (secondary N) is 1. The van der Waals surface area contributed by atoms with Crippen LogP contribution in [0, 0.1) is 5.92 Å². The van der Waals surface area contributed by atoms with Gasteiger partial charge in [0.15, 0.2) is 0 Å². The minimum Gasteiger partial charge on any atom is -0.458 e. The summed E-state index contributed by atoms with van der Waals surface area (Å²) in [5.74, 6) is -0.167. The zero-order chi connectivity index (χ0) is 16.1. The maximum Gasteiger partial charge on any atom is 0.329 e. The summed E-state index contributed by atoms with van der Waals surface area (Å²) in [6, 6.07) is -0.595. The summed E-state index contributed by atoms with van der Waals surface area (Å²) in [4.78, 5) is 24.0. The number of ether oxygens (including phenoxy) is 1. The number of carbonyl (C=O) groups is 2. The normalized spacial score (nSPS) is 14.1. The maximum atomic E-state index is 12.1. The van der Waals surface area contributed by atoms with Gasteiger partial charge in [-0.2, -0.15) is 0 Å². The van der Waals surface area contributed by atoms with Gasteiger partial charge >= 0.3 is 5.97 Å². The van der Waals surface area contributed by atoms with Gasteiger partial charge in [-0.25, -0.2) is 4.79 Å². The lowest BCUT2D eigenvalue weighted by Gasteiger charge is -2.27. The number of rotatable bonds is 5. The molecular formula is C15H29NO3S. The summed E-state index contributed by atoms with van der Waals surface area (Å²) < 4.78 is 5.37. The Bertz CT molecular complexity index is 340. The first kappa shape index (κ1) is 19.3. The van der Waals surface area contributed by atoms with Crippen LogP contribution in [0.4, 0.5) is 0 Å². The van der Waals surface area contributed by atoms with Crippen molar-refractivity contribution in [2.75, 3.05) is 5.75 Å². The van der Waals surface area contributed by atoms with Crippen molar-refractivity contribution in [3.05, 3.63) is 0 Å². The van der Waals surface area contributed by atoms with E-state index >= 15 is 0 Å². The number of amides is 1. The molecule has 1 N–H and O–H groups in total. The smallest absolute Gasteiger partial charge is 0.329 e. The molecule has 1 atom stereocenters. The van der Waals surface area contributed by atoms with Gasteiger partial charge in [0.25, 0.3) is 0 Å². The molecule has 0 rings (SSSR count). The van der Waals surface area contributed by atoms with Crippen molar-refractivity contribution < 1.29 is 14.3 Å². The first-order valence-corrected chi connectivity index (χ1v) is 7.96. The van der Waals surface area contributed by atoms with Crippen molar-refractivity contribution in [2.24, 2.45) is 5.92 Å². The zero-order valence-corrected chi connectivity index (χ0v) is 14.8. The summed E-state index contributed by atoms with van der Waals surface area (Å²) in [6.07, 6.45) is 0. The van der Waals surface area contributed by atoms with Gasteiger partial charge in [-0.3, -0.25) is 4.79 Å². The highest BCUT2D eigenvalue weighted by Crippen LogP contribution is 2.22. The van der Waals surface area contributed by atoms with E-state index in [1.54, 1.807) is 11.8 Å². The van der Waals surface area contributed by atoms with Gasteiger partial charge < -0.3 is 10.1 Å². The molecule has 4 nitrogen and oxygen atoms in total. The lowest BCUT2D eigenvalue weighted by molar-refractivity contribution is -0.159. The molecule has 0 bridgehead atoms. The van der Waals surface area contributed by atoms with E-state index in [1.807, 2.05) is 34.6 Å². The van der Waals surface area contributed by atoms with Crippen molar-refractivity contribution in [2.45, 2.75) is 71.8 Å². The topological polar surface area (TPSA) is 55.4 Å². The van der Waals surface area contributed by atoms with Crippen LogP contribution in [0.15, 0.2) is 0 Å². The second-order valence-corrected chi connectivity index (χ2v) is 9.03. The van der Waals surface area contributed by atoms with Gasteiger partial charge in [0, 0.05) is 4.75 Å². The van der Waals surface area contributed by atoms with E-state index in [0.29, 0.717) is 5.75 Å². The molecule has 0 radical (unpaired) electrons. The molecule has 0 aliphatic rings. The largest absolute Gasteiger partial charge is 0.458 e. The van der Waals surface area contributed by atoms with Crippen LogP contribution in [0.3, 0.4) is 0 Å². The van der Waals surface area contributed by atoms with Crippen LogP contribution >= 0.6 is 11.8 Å². The number of hydrogen-bond donors (Lipinski definition) is 1. The Morgan fingerprint density at radius 3 is 1.95 bits per heavy atom. The third-order valence-corrected chi connectivity index (χ3v) is 3.55. The molecule has 0 aromatic heterocycles. The van der Waals surface area contributed by atoms with E-state index in [9.17, 15) is 9.59 Å². The Morgan fingerprint density at radius 2 is 1.60 bits per heavy atom. The second kappa shape index (κ2) is 7.34. The fourth-order valence-electron chi connectivity index (χ4n) is 1.36. The Hall–Kier alpha value is -0.710. The molecule has 118 valence electrons. The number of thioether (sulfide) groups is 1. The van der Waals surface area contributed by atoms with E-state index < -0.39 is 11.6 Å². The fraction of sp³-hybridized carbons (Fsp3) is 0.867. The van der Waals surface area contributed by atoms with E-state index in [1.165, 1.54) is 0 Å². The third kappa shape index (κ3) is 9.23. The van der Waals surface area contributed by atoms with Crippen LogP contribution in [0.1, 0.15) is 55.4 Å². The molecule has 0 saturated heterocycles. The Balaban J connectivity index is 4.56. The average molecular weight is 303 g/mol. The van der Waals surface area contributed by atoms with Crippen molar-refractivity contribution in [3.8, 4) is 0 Å². The summed E-state index contributed by atoms with van der Waals surface area (Å²) in [6.45, 7) is 15.4. The summed E-state index contributed by atoms with van der Waals surface area (Å²) >= 11 is 1.56. The van der Waals surface area contributed by atoms with Crippen LogP contribution in [-0.4, -0.2) is 34.0 Å². The van der Waals surface area contributed by atoms with Gasteiger partial charge in [0.1, 0.15) is 11.6 Å². The maximum absolute atomic E-state index is 12.1. The van der Waals surface area contributed by atoms with E-state index in [4.69, 9.17) is 4.74 Å². The highest BCUT2D eigenvalue weighted by molar-refractivity contribution is 8.01. The molecule has 0 aliphatic heterocycles. The first-order valence-electron chi connectivity index (χ1n) is 6.98. The van der Waals surface area contributed by atoms with Crippen LogP contribution in [0.5, 0.6) is 0 Å². The molecule has 1 amide bonds. The van der Waals surface area contributed by atoms with Gasteiger partial charge in [0.05, 0.1) is 5.75 Å². The van der Waals surface area contributed by atoms with Crippen molar-refractivity contribution >= 4 is 23.6 Å². The highest BCUT2D eigenvalue weighted by Gasteiger charge is 2.29. The highest BCUT2D eigenvalue weighted by atomic mass is 32.2. The minimum absolute atomic E-state index is 0.00608. The quantitative estimate of drug-likeness (QED) is 0.793. The lowest BCUT2D eigenvalue weighted by Crippen LogP contribution is -2.48. The third-order valence-electron chi connectivity index (χ3n) is 2.28. The van der Waals surface area contributed by atoms with E-state index in [2.05, 4.69) is 26.1 Å². The SMILES string of the molecule is CC(C)[C@@H](NC(=O)CSC(C)(C)C)C(=O)OC(C)(C)C. The average Bonchev–Trinajstić information content (AvgIpc) is 2.18.